The highest BCUT2D eigenvalue weighted by atomic mass is 16.5. The number of nitrogens with two attached hydrogens (primary N) is 3. The first-order valence-corrected chi connectivity index (χ1v) is 12.0. The van der Waals surface area contributed by atoms with Crippen LogP contribution in [-0.4, -0.2) is 49.7 Å². The van der Waals surface area contributed by atoms with Crippen LogP contribution in [0, 0.1) is 0 Å². The van der Waals surface area contributed by atoms with Crippen LogP contribution in [0.4, 0.5) is 5.69 Å². The molecule has 9 heteroatoms. The Kier molecular flexibility index (Phi) is 9.66. The number of benzene rings is 2. The van der Waals surface area contributed by atoms with Gasteiger partial charge in [0.15, 0.2) is 0 Å². The summed E-state index contributed by atoms with van der Waals surface area (Å²) >= 11 is 0. The quantitative estimate of drug-likeness (QED) is 0.218. The van der Waals surface area contributed by atoms with Crippen LogP contribution >= 0.6 is 0 Å². The molecular formula is C26H36N6O3. The summed E-state index contributed by atoms with van der Waals surface area (Å²) in [6, 6.07) is 15.3. The van der Waals surface area contributed by atoms with Gasteiger partial charge in [0, 0.05) is 50.2 Å². The van der Waals surface area contributed by atoms with Crippen molar-refractivity contribution in [3.05, 3.63) is 65.2 Å². The molecule has 0 unspecified atom stereocenters. The third-order valence-electron chi connectivity index (χ3n) is 5.78. The minimum atomic E-state index is -0.132. The van der Waals surface area contributed by atoms with E-state index in [0.717, 1.165) is 23.1 Å². The van der Waals surface area contributed by atoms with Gasteiger partial charge in [0.05, 0.1) is 30.2 Å². The number of hydrazine groups is 1. The number of ether oxygens (including phenoxy) is 1. The van der Waals surface area contributed by atoms with E-state index in [9.17, 15) is 9.59 Å². The van der Waals surface area contributed by atoms with Crippen LogP contribution in [0.2, 0.25) is 0 Å². The minimum absolute atomic E-state index is 0.113. The number of hydrogen-bond acceptors (Lipinski definition) is 7. The monoisotopic (exact) mass is 480 g/mol. The third kappa shape index (κ3) is 6.60. The second-order valence-corrected chi connectivity index (χ2v) is 8.36. The van der Waals surface area contributed by atoms with Crippen molar-refractivity contribution < 1.29 is 14.3 Å². The van der Waals surface area contributed by atoms with E-state index in [1.54, 1.807) is 9.91 Å². The van der Waals surface area contributed by atoms with Crippen molar-refractivity contribution in [2.45, 2.75) is 32.7 Å². The van der Waals surface area contributed by atoms with Crippen LogP contribution in [-0.2, 0) is 20.9 Å². The summed E-state index contributed by atoms with van der Waals surface area (Å²) in [5.41, 5.74) is 16.8. The van der Waals surface area contributed by atoms with Gasteiger partial charge in [0.1, 0.15) is 0 Å². The molecule has 3 rings (SSSR count). The number of carbonyl (C=O) groups excluding carboxylic acids is 2. The number of fused-ring (bicyclic) bond motifs is 2. The number of para-hydroxylation sites is 1. The molecule has 188 valence electrons. The number of nitrogens with zero attached hydrogens (tertiary/aromatic N) is 2. The summed E-state index contributed by atoms with van der Waals surface area (Å²) in [6.45, 7) is 4.42. The average molecular weight is 481 g/mol. The molecule has 0 radical (unpaired) electrons. The highest BCUT2D eigenvalue weighted by Gasteiger charge is 2.27. The van der Waals surface area contributed by atoms with Gasteiger partial charge in [-0.2, -0.15) is 0 Å². The standard InChI is InChI=1S/C26H36N6O3/c1-2-16-35-17-12-23(33)30-14-11-24(34)31-18-19-7-3-4-8-20(19)26(32(29)15-13-27)25(28)21-9-5-6-10-22(21)31/h3-10H,2,11-18,27-29H2,1H3,(H,30,33)/b26-25-. The highest BCUT2D eigenvalue weighted by Crippen LogP contribution is 2.36. The number of amides is 2. The maximum absolute atomic E-state index is 13.4. The van der Waals surface area contributed by atoms with Gasteiger partial charge >= 0.3 is 0 Å². The lowest BCUT2D eigenvalue weighted by Crippen LogP contribution is -2.39. The molecule has 0 bridgehead atoms. The summed E-state index contributed by atoms with van der Waals surface area (Å²) in [5.74, 6) is 6.12. The second-order valence-electron chi connectivity index (χ2n) is 8.36. The van der Waals surface area contributed by atoms with Crippen LogP contribution in [0.15, 0.2) is 48.5 Å². The Morgan fingerprint density at radius 1 is 1.06 bits per heavy atom. The van der Waals surface area contributed by atoms with Gasteiger partial charge in [-0.25, -0.2) is 5.84 Å². The van der Waals surface area contributed by atoms with Crippen molar-refractivity contribution in [2.75, 3.05) is 37.7 Å². The molecule has 1 heterocycles. The van der Waals surface area contributed by atoms with Crippen LogP contribution in [0.1, 0.15) is 42.9 Å². The molecule has 1 aliphatic rings. The molecule has 0 aliphatic carbocycles. The lowest BCUT2D eigenvalue weighted by Gasteiger charge is -2.32. The van der Waals surface area contributed by atoms with Gasteiger partial charge in [-0.15, -0.1) is 0 Å². The summed E-state index contributed by atoms with van der Waals surface area (Å²) in [6.07, 6.45) is 1.34. The molecule has 0 atom stereocenters. The SMILES string of the molecule is CCCOCCC(=O)NCCC(=O)N1Cc2ccccc2/C(N(N)CCN)=C(/N)c2ccccc21. The van der Waals surface area contributed by atoms with Gasteiger partial charge in [0.25, 0.3) is 0 Å². The Bertz CT molecular complexity index is 1050. The normalized spacial score (nSPS) is 15.0. The molecule has 1 aliphatic heterocycles. The fourth-order valence-electron chi connectivity index (χ4n) is 4.08. The second kappa shape index (κ2) is 12.9. The molecule has 0 saturated carbocycles. The van der Waals surface area contributed by atoms with E-state index in [0.29, 0.717) is 49.9 Å². The van der Waals surface area contributed by atoms with Crippen LogP contribution in [0.5, 0.6) is 0 Å². The first kappa shape index (κ1) is 26.2. The van der Waals surface area contributed by atoms with Gasteiger partial charge < -0.3 is 31.4 Å². The van der Waals surface area contributed by atoms with Crippen molar-refractivity contribution >= 4 is 28.9 Å². The molecule has 7 N–H and O–H groups in total. The van der Waals surface area contributed by atoms with Crippen molar-refractivity contribution in [3.8, 4) is 0 Å². The first-order chi connectivity index (χ1) is 17.0. The Balaban J connectivity index is 1.85. The van der Waals surface area contributed by atoms with E-state index in [4.69, 9.17) is 22.0 Å². The van der Waals surface area contributed by atoms with E-state index < -0.39 is 0 Å². The molecule has 2 aromatic carbocycles. The first-order valence-electron chi connectivity index (χ1n) is 12.0. The van der Waals surface area contributed by atoms with Gasteiger partial charge in [-0.3, -0.25) is 9.59 Å². The predicted octanol–water partition coefficient (Wildman–Crippen LogP) is 1.78. The van der Waals surface area contributed by atoms with E-state index in [1.165, 1.54) is 0 Å². The lowest BCUT2D eigenvalue weighted by molar-refractivity contribution is -0.122. The van der Waals surface area contributed by atoms with Crippen molar-refractivity contribution in [3.63, 3.8) is 0 Å². The summed E-state index contributed by atoms with van der Waals surface area (Å²) in [7, 11) is 0. The summed E-state index contributed by atoms with van der Waals surface area (Å²) < 4.78 is 5.35. The number of hydrogen-bond donors (Lipinski definition) is 4. The minimum Gasteiger partial charge on any atom is -0.396 e. The molecule has 35 heavy (non-hydrogen) atoms. The maximum Gasteiger partial charge on any atom is 0.229 e. The van der Waals surface area contributed by atoms with Gasteiger partial charge in [0.2, 0.25) is 11.8 Å². The van der Waals surface area contributed by atoms with Crippen LogP contribution < -0.4 is 27.5 Å². The van der Waals surface area contributed by atoms with E-state index >= 15 is 0 Å². The van der Waals surface area contributed by atoms with Gasteiger partial charge in [-0.05, 0) is 18.1 Å². The highest BCUT2D eigenvalue weighted by molar-refractivity contribution is 6.01. The predicted molar refractivity (Wildman–Crippen MR) is 138 cm³/mol. The molecule has 0 aromatic heterocycles. The van der Waals surface area contributed by atoms with E-state index in [2.05, 4.69) is 5.32 Å². The Morgan fingerprint density at radius 3 is 2.51 bits per heavy atom. The molecule has 9 nitrogen and oxygen atoms in total. The average Bonchev–Trinajstić information content (AvgIpc) is 2.85. The van der Waals surface area contributed by atoms with Crippen LogP contribution in [0.25, 0.3) is 11.4 Å². The van der Waals surface area contributed by atoms with Crippen molar-refractivity contribution in [1.82, 2.24) is 10.3 Å². The zero-order valence-corrected chi connectivity index (χ0v) is 20.3. The molecule has 0 saturated heterocycles. The Morgan fingerprint density at radius 2 is 1.77 bits per heavy atom. The molecule has 0 spiro atoms. The smallest absolute Gasteiger partial charge is 0.229 e. The lowest BCUT2D eigenvalue weighted by atomic mass is 9.95. The molecule has 0 fully saturated rings. The maximum atomic E-state index is 13.4. The summed E-state index contributed by atoms with van der Waals surface area (Å²) in [4.78, 5) is 27.2. The van der Waals surface area contributed by atoms with Gasteiger partial charge in [-0.1, -0.05) is 49.4 Å². The number of carbonyl (C=O) groups is 2. The Labute approximate surface area is 206 Å². The topological polar surface area (TPSA) is 140 Å². The number of rotatable bonds is 11. The number of anilines is 1. The number of nitrogens with one attached hydrogen (secondary N) is 1. The molecular weight excluding hydrogens is 444 g/mol. The molecule has 2 amide bonds. The Hall–Kier alpha value is -3.40. The van der Waals surface area contributed by atoms with Crippen molar-refractivity contribution in [2.24, 2.45) is 17.3 Å². The zero-order chi connectivity index (χ0) is 25.2. The van der Waals surface area contributed by atoms with E-state index in [-0.39, 0.29) is 31.2 Å². The van der Waals surface area contributed by atoms with E-state index in [1.807, 2.05) is 55.5 Å². The fraction of sp³-hybridized carbons (Fsp3) is 0.385. The fourth-order valence-corrected chi connectivity index (χ4v) is 4.08. The summed E-state index contributed by atoms with van der Waals surface area (Å²) in [5, 5.41) is 4.38. The third-order valence-corrected chi connectivity index (χ3v) is 5.78. The molecule has 2 aromatic rings. The largest absolute Gasteiger partial charge is 0.396 e. The van der Waals surface area contributed by atoms with Crippen LogP contribution in [0.3, 0.4) is 0 Å². The van der Waals surface area contributed by atoms with Crippen molar-refractivity contribution in [1.29, 1.82) is 0 Å². The zero-order valence-electron chi connectivity index (χ0n) is 20.3.